The molecule has 1 heterocycles. The van der Waals surface area contributed by atoms with Gasteiger partial charge in [-0.3, -0.25) is 9.69 Å². The molecule has 2 aliphatic rings. The fourth-order valence-corrected chi connectivity index (χ4v) is 6.91. The number of benzene rings is 3. The predicted octanol–water partition coefficient (Wildman–Crippen LogP) is 7.85. The van der Waals surface area contributed by atoms with Crippen molar-refractivity contribution in [1.29, 1.82) is 0 Å². The summed E-state index contributed by atoms with van der Waals surface area (Å²) >= 11 is 0. The molecule has 3 aromatic carbocycles. The number of Topliss-reactive ketones (excluding diaryl/α,β-unsaturated/α-hetero) is 1. The molecule has 1 aliphatic heterocycles. The first kappa shape index (κ1) is 26.8. The molecule has 200 valence electrons. The minimum Gasteiger partial charge on any atom is -0.379 e. The first-order valence-electron chi connectivity index (χ1n) is 14.7. The third-order valence-electron chi connectivity index (χ3n) is 9.03. The van der Waals surface area contributed by atoms with Crippen molar-refractivity contribution in [2.24, 2.45) is 0 Å². The second-order valence-corrected chi connectivity index (χ2v) is 11.5. The molecule has 0 saturated carbocycles. The predicted molar refractivity (Wildman–Crippen MR) is 157 cm³/mol. The van der Waals surface area contributed by atoms with E-state index in [9.17, 15) is 4.79 Å². The standard InChI is InChI=1S/C35H43NO2/c1-4-6-19-35(20-7-5-2)31-16-12-11-15-29(31)30-18-17-28(25-32(30)35)33(37)34(3,36-21-23-38-24-22-36)26-27-13-9-8-10-14-27/h8-18,25H,4-7,19-24,26H2,1-3H3. The molecular formula is C35H43NO2. The fourth-order valence-electron chi connectivity index (χ4n) is 6.91. The van der Waals surface area contributed by atoms with Crippen LogP contribution in [0.1, 0.15) is 86.3 Å². The van der Waals surface area contributed by atoms with Gasteiger partial charge in [-0.1, -0.05) is 106 Å². The minimum atomic E-state index is -0.625. The average Bonchev–Trinajstić information content (AvgIpc) is 3.24. The van der Waals surface area contributed by atoms with E-state index in [1.807, 2.05) is 6.07 Å². The van der Waals surface area contributed by atoms with Gasteiger partial charge in [0.05, 0.1) is 18.8 Å². The first-order chi connectivity index (χ1) is 18.5. The molecule has 1 atom stereocenters. The number of carbonyl (C=O) groups excluding carboxylic acids is 1. The number of carbonyl (C=O) groups is 1. The molecule has 0 radical (unpaired) electrons. The fraction of sp³-hybridized carbons (Fsp3) is 0.457. The Morgan fingerprint density at radius 3 is 2.16 bits per heavy atom. The molecule has 3 heteroatoms. The number of hydrogen-bond acceptors (Lipinski definition) is 3. The molecule has 1 aliphatic carbocycles. The zero-order valence-electron chi connectivity index (χ0n) is 23.5. The molecule has 38 heavy (non-hydrogen) atoms. The second kappa shape index (κ2) is 11.6. The number of ketones is 1. The smallest absolute Gasteiger partial charge is 0.183 e. The second-order valence-electron chi connectivity index (χ2n) is 11.5. The van der Waals surface area contributed by atoms with Crippen LogP contribution in [0.25, 0.3) is 11.1 Å². The number of fused-ring (bicyclic) bond motifs is 3. The van der Waals surface area contributed by atoms with Crippen LogP contribution in [0.4, 0.5) is 0 Å². The topological polar surface area (TPSA) is 29.5 Å². The van der Waals surface area contributed by atoms with E-state index in [-0.39, 0.29) is 11.2 Å². The van der Waals surface area contributed by atoms with Crippen molar-refractivity contribution in [2.75, 3.05) is 26.3 Å². The highest BCUT2D eigenvalue weighted by Crippen LogP contribution is 2.54. The normalized spacial score (nSPS) is 18.0. The molecule has 0 amide bonds. The lowest BCUT2D eigenvalue weighted by Gasteiger charge is -2.42. The summed E-state index contributed by atoms with van der Waals surface area (Å²) in [4.78, 5) is 17.0. The molecule has 5 rings (SSSR count). The van der Waals surface area contributed by atoms with Crippen molar-refractivity contribution in [3.8, 4) is 11.1 Å². The summed E-state index contributed by atoms with van der Waals surface area (Å²) in [5.41, 5.74) is 6.91. The van der Waals surface area contributed by atoms with Crippen LogP contribution in [0.2, 0.25) is 0 Å². The van der Waals surface area contributed by atoms with Gasteiger partial charge in [0.15, 0.2) is 5.78 Å². The van der Waals surface area contributed by atoms with Crippen LogP contribution in [0.5, 0.6) is 0 Å². The van der Waals surface area contributed by atoms with Gasteiger partial charge in [0.2, 0.25) is 0 Å². The molecule has 1 fully saturated rings. The first-order valence-corrected chi connectivity index (χ1v) is 14.7. The number of hydrogen-bond donors (Lipinski definition) is 0. The Morgan fingerprint density at radius 1 is 0.842 bits per heavy atom. The summed E-state index contributed by atoms with van der Waals surface area (Å²) in [6.45, 7) is 9.63. The number of nitrogens with zero attached hydrogens (tertiary/aromatic N) is 1. The van der Waals surface area contributed by atoms with Crippen LogP contribution in [0.15, 0.2) is 72.8 Å². The Bertz CT molecular complexity index is 1240. The van der Waals surface area contributed by atoms with Crippen LogP contribution in [-0.2, 0) is 16.6 Å². The van der Waals surface area contributed by atoms with Crippen LogP contribution >= 0.6 is 0 Å². The van der Waals surface area contributed by atoms with E-state index < -0.39 is 5.54 Å². The lowest BCUT2D eigenvalue weighted by Crippen LogP contribution is -2.57. The summed E-state index contributed by atoms with van der Waals surface area (Å²) in [7, 11) is 0. The van der Waals surface area contributed by atoms with Gasteiger partial charge in [0.1, 0.15) is 0 Å². The summed E-state index contributed by atoms with van der Waals surface area (Å²) in [6, 6.07) is 26.1. The quantitative estimate of drug-likeness (QED) is 0.247. The Hall–Kier alpha value is -2.75. The minimum absolute atomic E-state index is 0.0109. The maximum atomic E-state index is 14.6. The highest BCUT2D eigenvalue weighted by molar-refractivity contribution is 6.04. The highest BCUT2D eigenvalue weighted by atomic mass is 16.5. The summed E-state index contributed by atoms with van der Waals surface area (Å²) in [6.07, 6.45) is 7.70. The van der Waals surface area contributed by atoms with Gasteiger partial charge in [0.25, 0.3) is 0 Å². The molecule has 1 unspecified atom stereocenters. The van der Waals surface area contributed by atoms with Gasteiger partial charge >= 0.3 is 0 Å². The zero-order valence-corrected chi connectivity index (χ0v) is 23.5. The Labute approximate surface area is 229 Å². The Kier molecular flexibility index (Phi) is 8.16. The van der Waals surface area contributed by atoms with Crippen molar-refractivity contribution in [3.05, 3.63) is 95.1 Å². The molecule has 3 nitrogen and oxygen atoms in total. The molecule has 0 N–H and O–H groups in total. The van der Waals surface area contributed by atoms with Crippen LogP contribution in [-0.4, -0.2) is 42.5 Å². The highest BCUT2D eigenvalue weighted by Gasteiger charge is 2.44. The number of morpholine rings is 1. The van der Waals surface area contributed by atoms with Crippen molar-refractivity contribution in [2.45, 2.75) is 76.7 Å². The van der Waals surface area contributed by atoms with E-state index >= 15 is 0 Å². The lowest BCUT2D eigenvalue weighted by molar-refractivity contribution is -0.00948. The number of ether oxygens (including phenoxy) is 1. The van der Waals surface area contributed by atoms with Gasteiger partial charge in [-0.05, 0) is 60.1 Å². The van der Waals surface area contributed by atoms with Crippen molar-refractivity contribution < 1.29 is 9.53 Å². The van der Waals surface area contributed by atoms with Crippen LogP contribution in [0, 0.1) is 0 Å². The van der Waals surface area contributed by atoms with Crippen molar-refractivity contribution in [1.82, 2.24) is 4.90 Å². The van der Waals surface area contributed by atoms with E-state index in [4.69, 9.17) is 4.74 Å². The average molecular weight is 510 g/mol. The van der Waals surface area contributed by atoms with Crippen molar-refractivity contribution >= 4 is 5.78 Å². The van der Waals surface area contributed by atoms with Gasteiger partial charge in [-0.15, -0.1) is 0 Å². The Morgan fingerprint density at radius 2 is 1.47 bits per heavy atom. The largest absolute Gasteiger partial charge is 0.379 e. The molecule has 0 aromatic heterocycles. The number of rotatable bonds is 11. The maximum absolute atomic E-state index is 14.6. The Balaban J connectivity index is 1.60. The van der Waals surface area contributed by atoms with E-state index in [1.165, 1.54) is 53.5 Å². The molecule has 1 saturated heterocycles. The van der Waals surface area contributed by atoms with Gasteiger partial charge in [-0.25, -0.2) is 0 Å². The maximum Gasteiger partial charge on any atom is 0.183 e. The van der Waals surface area contributed by atoms with Gasteiger partial charge in [-0.2, -0.15) is 0 Å². The molecule has 0 spiro atoms. The summed E-state index contributed by atoms with van der Waals surface area (Å²) in [5.74, 6) is 0.224. The SMILES string of the molecule is CCCCC1(CCCC)c2ccccc2-c2ccc(C(=O)C(C)(Cc3ccccc3)N3CCOCC3)cc21. The van der Waals surface area contributed by atoms with E-state index in [0.717, 1.165) is 31.5 Å². The number of unbranched alkanes of at least 4 members (excludes halogenated alkanes) is 2. The van der Waals surface area contributed by atoms with Crippen LogP contribution in [0.3, 0.4) is 0 Å². The van der Waals surface area contributed by atoms with Crippen molar-refractivity contribution in [3.63, 3.8) is 0 Å². The molecular weight excluding hydrogens is 466 g/mol. The molecule has 0 bridgehead atoms. The van der Waals surface area contributed by atoms with Gasteiger partial charge < -0.3 is 4.74 Å². The third-order valence-corrected chi connectivity index (χ3v) is 9.03. The zero-order chi connectivity index (χ0) is 26.6. The summed E-state index contributed by atoms with van der Waals surface area (Å²) < 4.78 is 5.68. The lowest BCUT2D eigenvalue weighted by atomic mass is 9.70. The van der Waals surface area contributed by atoms with E-state index in [0.29, 0.717) is 19.6 Å². The molecule has 3 aromatic rings. The van der Waals surface area contributed by atoms with Gasteiger partial charge in [0, 0.05) is 24.1 Å². The summed E-state index contributed by atoms with van der Waals surface area (Å²) in [5, 5.41) is 0. The monoisotopic (exact) mass is 509 g/mol. The van der Waals surface area contributed by atoms with E-state index in [2.05, 4.69) is 92.4 Å². The van der Waals surface area contributed by atoms with E-state index in [1.54, 1.807) is 0 Å². The van der Waals surface area contributed by atoms with Crippen LogP contribution < -0.4 is 0 Å². The third kappa shape index (κ3) is 4.87.